The highest BCUT2D eigenvalue weighted by Crippen LogP contribution is 2.39. The Morgan fingerprint density at radius 2 is 1.95 bits per heavy atom. The highest BCUT2D eigenvalue weighted by Gasteiger charge is 2.34. The van der Waals surface area contributed by atoms with Crippen molar-refractivity contribution in [1.82, 2.24) is 9.88 Å². The topological polar surface area (TPSA) is 91.8 Å². The normalized spacial score (nSPS) is 16.2. The monoisotopic (exact) mass is 527 g/mol. The van der Waals surface area contributed by atoms with Gasteiger partial charge in [0.25, 0.3) is 0 Å². The zero-order valence-corrected chi connectivity index (χ0v) is 21.3. The van der Waals surface area contributed by atoms with Crippen LogP contribution >= 0.6 is 0 Å². The van der Waals surface area contributed by atoms with E-state index in [-0.39, 0.29) is 24.1 Å². The third-order valence-corrected chi connectivity index (χ3v) is 7.47. The molecular formula is C29H32F3N3O3. The standard InChI is InChI=1S/C29H32F3N3O3/c1-38-22-4-5-25-23(15-22)27(20(16-33)17-34-25)26(37)6-7-29(18-36)8-11-35(12-9-29)10-2-3-19-13-21(30)14-24(31)28(19)32/h4-5,13-15,17,26,36-37H,6-12,16,18,33H2,1H3. The summed E-state index contributed by atoms with van der Waals surface area (Å²) in [6.45, 7) is 1.83. The van der Waals surface area contributed by atoms with Gasteiger partial charge >= 0.3 is 0 Å². The lowest BCUT2D eigenvalue weighted by atomic mass is 9.74. The quantitative estimate of drug-likeness (QED) is 0.302. The van der Waals surface area contributed by atoms with Crippen LogP contribution in [0.1, 0.15) is 48.5 Å². The average Bonchev–Trinajstić information content (AvgIpc) is 2.94. The number of methoxy groups -OCH3 is 1. The first-order valence-corrected chi connectivity index (χ1v) is 12.6. The smallest absolute Gasteiger partial charge is 0.174 e. The first-order chi connectivity index (χ1) is 18.3. The lowest BCUT2D eigenvalue weighted by Crippen LogP contribution is -2.42. The fraction of sp³-hybridized carbons (Fsp3) is 0.414. The number of likely N-dealkylation sites (tertiary alicyclic amines) is 1. The number of halogens is 3. The molecule has 4 rings (SSSR count). The minimum Gasteiger partial charge on any atom is -0.497 e. The number of benzene rings is 2. The van der Waals surface area contributed by atoms with Crippen molar-refractivity contribution in [3.63, 3.8) is 0 Å². The molecule has 3 aromatic rings. The summed E-state index contributed by atoms with van der Waals surface area (Å²) in [4.78, 5) is 6.51. The van der Waals surface area contributed by atoms with Gasteiger partial charge in [-0.25, -0.2) is 13.2 Å². The number of pyridine rings is 1. The lowest BCUT2D eigenvalue weighted by molar-refractivity contribution is 0.0272. The number of piperidine rings is 1. The third kappa shape index (κ3) is 6.11. The summed E-state index contributed by atoms with van der Waals surface area (Å²) in [7, 11) is 1.58. The van der Waals surface area contributed by atoms with Crippen LogP contribution in [0.2, 0.25) is 0 Å². The summed E-state index contributed by atoms with van der Waals surface area (Å²) in [5, 5.41) is 22.3. The van der Waals surface area contributed by atoms with E-state index in [0.29, 0.717) is 57.1 Å². The molecular weight excluding hydrogens is 495 g/mol. The van der Waals surface area contributed by atoms with Crippen LogP contribution < -0.4 is 10.5 Å². The van der Waals surface area contributed by atoms with Crippen LogP contribution in [0, 0.1) is 34.7 Å². The molecule has 1 fully saturated rings. The van der Waals surface area contributed by atoms with Crippen molar-refractivity contribution in [2.45, 2.75) is 38.3 Å². The van der Waals surface area contributed by atoms with Gasteiger partial charge in [0.05, 0.1) is 30.8 Å². The van der Waals surface area contributed by atoms with Gasteiger partial charge in [0.1, 0.15) is 11.6 Å². The molecule has 0 bridgehead atoms. The minimum atomic E-state index is -1.26. The molecule has 1 unspecified atom stereocenters. The summed E-state index contributed by atoms with van der Waals surface area (Å²) in [5.41, 5.74) is 7.53. The maximum Gasteiger partial charge on any atom is 0.174 e. The second-order valence-electron chi connectivity index (χ2n) is 9.82. The molecule has 0 radical (unpaired) electrons. The molecule has 0 aliphatic carbocycles. The van der Waals surface area contributed by atoms with Crippen molar-refractivity contribution in [3.8, 4) is 17.6 Å². The van der Waals surface area contributed by atoms with Gasteiger partial charge in [-0.2, -0.15) is 0 Å². The Labute approximate surface area is 220 Å². The number of fused-ring (bicyclic) bond motifs is 1. The first kappa shape index (κ1) is 27.9. The Kier molecular flexibility index (Phi) is 8.90. The van der Waals surface area contributed by atoms with Crippen molar-refractivity contribution < 1.29 is 28.1 Å². The van der Waals surface area contributed by atoms with Gasteiger partial charge < -0.3 is 20.7 Å². The van der Waals surface area contributed by atoms with Gasteiger partial charge in [-0.1, -0.05) is 11.8 Å². The molecule has 4 N–H and O–H groups in total. The van der Waals surface area contributed by atoms with Crippen LogP contribution in [0.3, 0.4) is 0 Å². The molecule has 0 spiro atoms. The molecule has 1 aliphatic rings. The Morgan fingerprint density at radius 3 is 2.63 bits per heavy atom. The summed E-state index contributed by atoms with van der Waals surface area (Å²) in [5.74, 6) is 2.67. The van der Waals surface area contributed by atoms with Crippen molar-refractivity contribution >= 4 is 10.9 Å². The van der Waals surface area contributed by atoms with Crippen molar-refractivity contribution in [1.29, 1.82) is 0 Å². The number of rotatable bonds is 8. The van der Waals surface area contributed by atoms with Gasteiger partial charge in [0.15, 0.2) is 11.6 Å². The SMILES string of the molecule is COc1ccc2ncc(CN)c(C(O)CCC3(CO)CCN(CC#Cc4cc(F)cc(F)c4F)CC3)c2c1. The fourth-order valence-electron chi connectivity index (χ4n) is 5.07. The lowest BCUT2D eigenvalue weighted by Gasteiger charge is -2.40. The number of nitrogens with two attached hydrogens (primary N) is 1. The van der Waals surface area contributed by atoms with Gasteiger partial charge in [-0.15, -0.1) is 0 Å². The molecule has 38 heavy (non-hydrogen) atoms. The maximum absolute atomic E-state index is 13.8. The number of aromatic nitrogens is 1. The number of nitrogens with zero attached hydrogens (tertiary/aromatic N) is 2. The highest BCUT2D eigenvalue weighted by molar-refractivity contribution is 5.85. The van der Waals surface area contributed by atoms with E-state index in [1.807, 2.05) is 18.2 Å². The van der Waals surface area contributed by atoms with E-state index < -0.39 is 23.6 Å². The van der Waals surface area contributed by atoms with Crippen molar-refractivity contribution in [3.05, 3.63) is 70.7 Å². The Hall–Kier alpha value is -3.16. The summed E-state index contributed by atoms with van der Waals surface area (Å²) >= 11 is 0. The summed E-state index contributed by atoms with van der Waals surface area (Å²) < 4.78 is 45.9. The van der Waals surface area contributed by atoms with Crippen LogP contribution in [0.15, 0.2) is 36.5 Å². The predicted molar refractivity (Wildman–Crippen MR) is 139 cm³/mol. The predicted octanol–water partition coefficient (Wildman–Crippen LogP) is 4.06. The second-order valence-corrected chi connectivity index (χ2v) is 9.82. The maximum atomic E-state index is 13.8. The van der Waals surface area contributed by atoms with Crippen LogP contribution in [0.5, 0.6) is 5.75 Å². The van der Waals surface area contributed by atoms with Crippen molar-refractivity contribution in [2.75, 3.05) is 33.4 Å². The van der Waals surface area contributed by atoms with E-state index in [4.69, 9.17) is 10.5 Å². The van der Waals surface area contributed by atoms with E-state index in [0.717, 1.165) is 28.1 Å². The Balaban J connectivity index is 1.40. The molecule has 9 heteroatoms. The molecule has 0 saturated carbocycles. The Morgan fingerprint density at radius 1 is 1.18 bits per heavy atom. The van der Waals surface area contributed by atoms with Gasteiger partial charge in [0, 0.05) is 30.8 Å². The molecule has 2 heterocycles. The third-order valence-electron chi connectivity index (χ3n) is 7.47. The van der Waals surface area contributed by atoms with E-state index >= 15 is 0 Å². The van der Waals surface area contributed by atoms with E-state index in [9.17, 15) is 23.4 Å². The van der Waals surface area contributed by atoms with Gasteiger partial charge in [0.2, 0.25) is 0 Å². The molecule has 202 valence electrons. The summed E-state index contributed by atoms with van der Waals surface area (Å²) in [6.07, 6.45) is 3.33. The molecule has 1 aromatic heterocycles. The van der Waals surface area contributed by atoms with E-state index in [1.165, 1.54) is 0 Å². The zero-order chi connectivity index (χ0) is 27.3. The molecule has 1 atom stereocenters. The van der Waals surface area contributed by atoms with Crippen molar-refractivity contribution in [2.24, 2.45) is 11.1 Å². The van der Waals surface area contributed by atoms with Crippen LogP contribution in [0.4, 0.5) is 13.2 Å². The van der Waals surface area contributed by atoms with E-state index in [1.54, 1.807) is 13.3 Å². The minimum absolute atomic E-state index is 0.0122. The fourth-order valence-corrected chi connectivity index (χ4v) is 5.07. The van der Waals surface area contributed by atoms with Crippen LogP contribution in [0.25, 0.3) is 10.9 Å². The van der Waals surface area contributed by atoms with Crippen LogP contribution in [-0.2, 0) is 6.54 Å². The van der Waals surface area contributed by atoms with Gasteiger partial charge in [-0.3, -0.25) is 9.88 Å². The zero-order valence-electron chi connectivity index (χ0n) is 21.3. The number of aliphatic hydroxyl groups is 2. The molecule has 0 amide bonds. The van der Waals surface area contributed by atoms with E-state index in [2.05, 4.69) is 21.7 Å². The number of ether oxygens (including phenoxy) is 1. The summed E-state index contributed by atoms with van der Waals surface area (Å²) in [6, 6.07) is 6.88. The average molecular weight is 528 g/mol. The number of hydrogen-bond donors (Lipinski definition) is 3. The second kappa shape index (κ2) is 12.1. The molecule has 1 saturated heterocycles. The Bertz CT molecular complexity index is 1340. The van der Waals surface area contributed by atoms with Gasteiger partial charge in [-0.05, 0) is 79.6 Å². The largest absolute Gasteiger partial charge is 0.497 e. The number of aliphatic hydroxyl groups excluding tert-OH is 2. The highest BCUT2D eigenvalue weighted by atomic mass is 19.2. The first-order valence-electron chi connectivity index (χ1n) is 12.6. The number of hydrogen-bond acceptors (Lipinski definition) is 6. The molecule has 6 nitrogen and oxygen atoms in total. The van der Waals surface area contributed by atoms with Crippen LogP contribution in [-0.4, -0.2) is 53.4 Å². The molecule has 2 aromatic carbocycles. The molecule has 1 aliphatic heterocycles.